The van der Waals surface area contributed by atoms with Crippen LogP contribution in [-0.2, 0) is 0 Å². The third-order valence-corrected chi connectivity index (χ3v) is 4.74. The van der Waals surface area contributed by atoms with Crippen molar-refractivity contribution in [2.75, 3.05) is 0 Å². The average molecular weight is 391 g/mol. The summed E-state index contributed by atoms with van der Waals surface area (Å²) in [5.74, 6) is 1.28. The Hall–Kier alpha value is -3.65. The number of thioether (sulfide) groups is 1. The molecule has 1 fully saturated rings. The number of hydrogen-bond donors (Lipinski definition) is 1. The van der Waals surface area contributed by atoms with Crippen LogP contribution in [0.1, 0.15) is 5.76 Å². The number of amidine groups is 1. The molecule has 8 heteroatoms. The van der Waals surface area contributed by atoms with E-state index in [0.717, 1.165) is 11.8 Å². The van der Waals surface area contributed by atoms with Crippen molar-refractivity contribution in [2.45, 2.75) is 0 Å². The number of carbonyl (C=O) groups is 1. The lowest BCUT2D eigenvalue weighted by molar-refractivity contribution is -0.384. The van der Waals surface area contributed by atoms with Crippen molar-refractivity contribution in [3.63, 3.8) is 0 Å². The van der Waals surface area contributed by atoms with Gasteiger partial charge >= 0.3 is 0 Å². The minimum absolute atomic E-state index is 0.0329. The number of nitro groups is 1. The minimum atomic E-state index is -0.448. The summed E-state index contributed by atoms with van der Waals surface area (Å²) >= 11 is 1.01. The molecule has 0 radical (unpaired) electrons. The number of nitro benzene ring substituents is 1. The summed E-state index contributed by atoms with van der Waals surface area (Å²) in [6.45, 7) is 0. The SMILES string of the molecule is O=C1NC(=Nc2ccccc2)C(=Cc2ccc(-c3ccccc3[N+](=O)[O-])o2)S1. The molecule has 1 N–H and O–H groups in total. The first-order chi connectivity index (χ1) is 13.6. The van der Waals surface area contributed by atoms with Gasteiger partial charge in [0.1, 0.15) is 17.4 Å². The highest BCUT2D eigenvalue weighted by molar-refractivity contribution is 8.18. The van der Waals surface area contributed by atoms with Gasteiger partial charge in [0.05, 0.1) is 21.1 Å². The van der Waals surface area contributed by atoms with E-state index >= 15 is 0 Å². The van der Waals surface area contributed by atoms with Crippen molar-refractivity contribution in [1.29, 1.82) is 0 Å². The molecule has 0 atom stereocenters. The molecule has 0 unspecified atom stereocenters. The predicted octanol–water partition coefficient (Wildman–Crippen LogP) is 5.38. The standard InChI is InChI=1S/C20H13N3O4S/c24-20-22-19(21-13-6-2-1-3-7-13)18(28-20)12-14-10-11-17(27-14)15-8-4-5-9-16(15)23(25)26/h1-12H,(H,21,22,24). The zero-order valence-corrected chi connectivity index (χ0v) is 15.2. The van der Waals surface area contributed by atoms with E-state index in [4.69, 9.17) is 4.42 Å². The quantitative estimate of drug-likeness (QED) is 0.475. The summed E-state index contributed by atoms with van der Waals surface area (Å²) < 4.78 is 5.77. The molecule has 0 bridgehead atoms. The molecule has 2 heterocycles. The highest BCUT2D eigenvalue weighted by Crippen LogP contribution is 2.33. The predicted molar refractivity (Wildman–Crippen MR) is 108 cm³/mol. The first kappa shape index (κ1) is 17.7. The molecule has 1 aliphatic rings. The maximum Gasteiger partial charge on any atom is 0.289 e. The third-order valence-electron chi connectivity index (χ3n) is 3.92. The van der Waals surface area contributed by atoms with E-state index in [2.05, 4.69) is 10.3 Å². The van der Waals surface area contributed by atoms with Gasteiger partial charge in [-0.25, -0.2) is 4.99 Å². The van der Waals surface area contributed by atoms with Gasteiger partial charge in [0.25, 0.3) is 10.9 Å². The van der Waals surface area contributed by atoms with Crippen LogP contribution in [0.2, 0.25) is 0 Å². The Labute approximate surface area is 163 Å². The van der Waals surface area contributed by atoms with Crippen LogP contribution in [0.5, 0.6) is 0 Å². The monoisotopic (exact) mass is 391 g/mol. The van der Waals surface area contributed by atoms with Crippen molar-refractivity contribution in [3.05, 3.63) is 87.5 Å². The highest BCUT2D eigenvalue weighted by atomic mass is 32.2. The van der Waals surface area contributed by atoms with E-state index in [-0.39, 0.29) is 10.9 Å². The van der Waals surface area contributed by atoms with E-state index in [0.29, 0.717) is 33.5 Å². The van der Waals surface area contributed by atoms with E-state index < -0.39 is 4.92 Å². The number of hydrogen-bond acceptors (Lipinski definition) is 6. The second-order valence-corrected chi connectivity index (χ2v) is 6.81. The number of para-hydroxylation sites is 2. The molecule has 2 aromatic carbocycles. The molecule has 1 aromatic heterocycles. The van der Waals surface area contributed by atoms with Crippen LogP contribution < -0.4 is 5.32 Å². The molecule has 0 spiro atoms. The van der Waals surface area contributed by atoms with Gasteiger partial charge in [-0.2, -0.15) is 0 Å². The lowest BCUT2D eigenvalue weighted by atomic mass is 10.1. The van der Waals surface area contributed by atoms with E-state index in [9.17, 15) is 14.9 Å². The smallest absolute Gasteiger partial charge is 0.289 e. The van der Waals surface area contributed by atoms with Gasteiger partial charge in [0.15, 0.2) is 0 Å². The van der Waals surface area contributed by atoms with Crippen molar-refractivity contribution in [1.82, 2.24) is 5.32 Å². The first-order valence-electron chi connectivity index (χ1n) is 8.28. The maximum absolute atomic E-state index is 11.8. The molecule has 1 aliphatic heterocycles. The number of rotatable bonds is 4. The van der Waals surface area contributed by atoms with Gasteiger partial charge in [-0.15, -0.1) is 0 Å². The molecule has 0 saturated carbocycles. The van der Waals surface area contributed by atoms with Gasteiger partial charge < -0.3 is 9.73 Å². The Bertz CT molecular complexity index is 1120. The number of nitrogens with zero attached hydrogens (tertiary/aromatic N) is 2. The number of benzene rings is 2. The highest BCUT2D eigenvalue weighted by Gasteiger charge is 2.24. The minimum Gasteiger partial charge on any atom is -0.456 e. The number of amides is 1. The number of aliphatic imine (C=N–C) groups is 1. The number of nitrogens with one attached hydrogen (secondary N) is 1. The second-order valence-electron chi connectivity index (χ2n) is 5.80. The molecule has 3 aromatic rings. The number of carbonyl (C=O) groups excluding carboxylic acids is 1. The Balaban J connectivity index is 1.67. The molecule has 28 heavy (non-hydrogen) atoms. The fourth-order valence-corrected chi connectivity index (χ4v) is 3.41. The maximum atomic E-state index is 11.8. The first-order valence-corrected chi connectivity index (χ1v) is 9.10. The summed E-state index contributed by atoms with van der Waals surface area (Å²) in [6, 6.07) is 19.0. The molecular formula is C20H13N3O4S. The van der Waals surface area contributed by atoms with Crippen LogP contribution in [0.25, 0.3) is 17.4 Å². The van der Waals surface area contributed by atoms with E-state index in [1.165, 1.54) is 6.07 Å². The topological polar surface area (TPSA) is 97.7 Å². The Morgan fingerprint density at radius 1 is 1.04 bits per heavy atom. The van der Waals surface area contributed by atoms with Crippen LogP contribution in [0.3, 0.4) is 0 Å². The fraction of sp³-hybridized carbons (Fsp3) is 0. The van der Waals surface area contributed by atoms with Crippen molar-refractivity contribution < 1.29 is 14.1 Å². The van der Waals surface area contributed by atoms with Crippen LogP contribution in [0.15, 0.2) is 81.0 Å². The molecule has 1 saturated heterocycles. The zero-order valence-electron chi connectivity index (χ0n) is 14.4. The summed E-state index contributed by atoms with van der Waals surface area (Å²) in [5, 5.41) is 13.7. The Morgan fingerprint density at radius 2 is 1.79 bits per heavy atom. The van der Waals surface area contributed by atoms with Crippen molar-refractivity contribution >= 4 is 40.3 Å². The van der Waals surface area contributed by atoms with Gasteiger partial charge in [-0.05, 0) is 48.2 Å². The van der Waals surface area contributed by atoms with Gasteiger partial charge in [-0.1, -0.05) is 30.3 Å². The molecular weight excluding hydrogens is 378 g/mol. The van der Waals surface area contributed by atoms with Crippen molar-refractivity contribution in [2.24, 2.45) is 4.99 Å². The Morgan fingerprint density at radius 3 is 2.57 bits per heavy atom. The molecule has 1 amide bonds. The number of furan rings is 1. The molecule has 0 aliphatic carbocycles. The third kappa shape index (κ3) is 3.72. The Kier molecular flexibility index (Phi) is 4.77. The van der Waals surface area contributed by atoms with Crippen LogP contribution in [0, 0.1) is 10.1 Å². The second kappa shape index (κ2) is 7.53. The van der Waals surface area contributed by atoms with Crippen molar-refractivity contribution in [3.8, 4) is 11.3 Å². The lowest BCUT2D eigenvalue weighted by Gasteiger charge is -2.00. The summed E-state index contributed by atoms with van der Waals surface area (Å²) in [7, 11) is 0. The van der Waals surface area contributed by atoms with Gasteiger partial charge in [-0.3, -0.25) is 14.9 Å². The molecule has 4 rings (SSSR count). The van der Waals surface area contributed by atoms with E-state index in [1.54, 1.807) is 36.4 Å². The van der Waals surface area contributed by atoms with Crippen LogP contribution in [0.4, 0.5) is 16.2 Å². The van der Waals surface area contributed by atoms with E-state index in [1.807, 2.05) is 30.3 Å². The average Bonchev–Trinajstić information content (AvgIpc) is 3.29. The fourth-order valence-electron chi connectivity index (χ4n) is 2.69. The normalized spacial score (nSPS) is 16.5. The molecule has 138 valence electrons. The summed E-state index contributed by atoms with van der Waals surface area (Å²) in [5.41, 5.74) is 1.07. The van der Waals surface area contributed by atoms with Crippen LogP contribution >= 0.6 is 11.8 Å². The van der Waals surface area contributed by atoms with Crippen LogP contribution in [-0.4, -0.2) is 16.0 Å². The van der Waals surface area contributed by atoms with Gasteiger partial charge in [0.2, 0.25) is 0 Å². The summed E-state index contributed by atoms with van der Waals surface area (Å²) in [4.78, 5) is 27.6. The lowest BCUT2D eigenvalue weighted by Crippen LogP contribution is -2.18. The summed E-state index contributed by atoms with van der Waals surface area (Å²) in [6.07, 6.45) is 1.68. The van der Waals surface area contributed by atoms with Gasteiger partial charge in [0, 0.05) is 6.07 Å². The zero-order chi connectivity index (χ0) is 19.5. The molecule has 7 nitrogen and oxygen atoms in total. The largest absolute Gasteiger partial charge is 0.456 e.